The predicted molar refractivity (Wildman–Crippen MR) is 80.5 cm³/mol. The molecule has 1 saturated heterocycles. The van der Waals surface area contributed by atoms with Crippen LogP contribution in [-0.4, -0.2) is 54.1 Å². The van der Waals surface area contributed by atoms with Crippen molar-refractivity contribution in [3.05, 3.63) is 41.2 Å². The van der Waals surface area contributed by atoms with Gasteiger partial charge in [-0.1, -0.05) is 12.1 Å². The van der Waals surface area contributed by atoms with Crippen molar-refractivity contribution in [2.75, 3.05) is 33.2 Å². The first-order valence-corrected chi connectivity index (χ1v) is 7.15. The van der Waals surface area contributed by atoms with Gasteiger partial charge < -0.3 is 10.0 Å². The monoisotopic (exact) mass is 292 g/mol. The minimum atomic E-state index is -1.03. The second-order valence-corrected chi connectivity index (χ2v) is 5.46. The van der Waals surface area contributed by atoms with E-state index in [0.717, 1.165) is 38.7 Å². The van der Waals surface area contributed by atoms with Crippen LogP contribution >= 0.6 is 0 Å². The summed E-state index contributed by atoms with van der Waals surface area (Å²) in [7, 11) is 2.10. The first kappa shape index (κ1) is 15.7. The predicted octanol–water partition coefficient (Wildman–Crippen LogP) is 2.06. The normalized spacial score (nSPS) is 18.0. The third kappa shape index (κ3) is 4.95. The number of likely N-dealkylation sites (N-methyl/N-ethyl adjacent to an activating group) is 1. The van der Waals surface area contributed by atoms with Crippen molar-refractivity contribution >= 4 is 12.0 Å². The molecule has 0 radical (unpaired) electrons. The van der Waals surface area contributed by atoms with Gasteiger partial charge in [-0.3, -0.25) is 4.90 Å². The van der Waals surface area contributed by atoms with E-state index in [-0.39, 0.29) is 5.82 Å². The van der Waals surface area contributed by atoms with Gasteiger partial charge in [0.15, 0.2) is 0 Å². The van der Waals surface area contributed by atoms with Gasteiger partial charge in [-0.2, -0.15) is 0 Å². The number of benzene rings is 1. The van der Waals surface area contributed by atoms with Crippen LogP contribution in [-0.2, 0) is 11.3 Å². The van der Waals surface area contributed by atoms with E-state index >= 15 is 0 Å². The van der Waals surface area contributed by atoms with E-state index in [1.807, 2.05) is 0 Å². The minimum Gasteiger partial charge on any atom is -0.478 e. The quantitative estimate of drug-likeness (QED) is 0.863. The summed E-state index contributed by atoms with van der Waals surface area (Å²) in [6.07, 6.45) is 3.51. The summed E-state index contributed by atoms with van der Waals surface area (Å²) < 4.78 is 14.1. The Bertz CT molecular complexity index is 531. The highest BCUT2D eigenvalue weighted by Gasteiger charge is 2.14. The van der Waals surface area contributed by atoms with E-state index in [2.05, 4.69) is 16.8 Å². The molecule has 2 rings (SSSR count). The molecule has 1 aromatic rings. The summed E-state index contributed by atoms with van der Waals surface area (Å²) in [4.78, 5) is 15.0. The molecular weight excluding hydrogens is 271 g/mol. The molecule has 5 heteroatoms. The van der Waals surface area contributed by atoms with Crippen LogP contribution in [0.15, 0.2) is 24.3 Å². The molecule has 1 aliphatic heterocycles. The third-order valence-corrected chi connectivity index (χ3v) is 3.70. The molecular formula is C16H21FN2O2. The molecule has 1 fully saturated rings. The smallest absolute Gasteiger partial charge is 0.328 e. The van der Waals surface area contributed by atoms with Crippen LogP contribution < -0.4 is 0 Å². The number of halogens is 1. The SMILES string of the molecule is CN1CCCN(Cc2ccc(C=CC(=O)O)cc2F)CC1. The average Bonchev–Trinajstić information content (AvgIpc) is 2.64. The molecule has 21 heavy (non-hydrogen) atoms. The van der Waals surface area contributed by atoms with Crippen molar-refractivity contribution in [2.24, 2.45) is 0 Å². The van der Waals surface area contributed by atoms with Crippen molar-refractivity contribution < 1.29 is 14.3 Å². The summed E-state index contributed by atoms with van der Waals surface area (Å²) in [5.74, 6) is -1.31. The number of carboxylic acids is 1. The van der Waals surface area contributed by atoms with Crippen molar-refractivity contribution in [3.8, 4) is 0 Å². The Balaban J connectivity index is 2.02. The molecule has 1 aromatic carbocycles. The van der Waals surface area contributed by atoms with Crippen molar-refractivity contribution in [2.45, 2.75) is 13.0 Å². The number of nitrogens with zero attached hydrogens (tertiary/aromatic N) is 2. The lowest BCUT2D eigenvalue weighted by Gasteiger charge is -2.20. The summed E-state index contributed by atoms with van der Waals surface area (Å²) in [5, 5.41) is 8.57. The van der Waals surface area contributed by atoms with Crippen LogP contribution in [0, 0.1) is 5.82 Å². The van der Waals surface area contributed by atoms with Crippen molar-refractivity contribution in [3.63, 3.8) is 0 Å². The van der Waals surface area contributed by atoms with Gasteiger partial charge in [-0.25, -0.2) is 9.18 Å². The average molecular weight is 292 g/mol. The van der Waals surface area contributed by atoms with Crippen LogP contribution in [0.3, 0.4) is 0 Å². The lowest BCUT2D eigenvalue weighted by molar-refractivity contribution is -0.131. The maximum Gasteiger partial charge on any atom is 0.328 e. The number of rotatable bonds is 4. The number of aliphatic carboxylic acids is 1. The summed E-state index contributed by atoms with van der Waals surface area (Å²) >= 11 is 0. The molecule has 0 aliphatic carbocycles. The zero-order valence-electron chi connectivity index (χ0n) is 12.3. The van der Waals surface area contributed by atoms with Crippen LogP contribution in [0.4, 0.5) is 4.39 Å². The molecule has 0 aromatic heterocycles. The molecule has 1 aliphatic rings. The van der Waals surface area contributed by atoms with Crippen LogP contribution in [0.2, 0.25) is 0 Å². The topological polar surface area (TPSA) is 43.8 Å². The van der Waals surface area contributed by atoms with Gasteiger partial charge in [0.05, 0.1) is 0 Å². The molecule has 0 bridgehead atoms. The Hall–Kier alpha value is -1.72. The Labute approximate surface area is 124 Å². The van der Waals surface area contributed by atoms with E-state index in [1.54, 1.807) is 12.1 Å². The highest BCUT2D eigenvalue weighted by molar-refractivity contribution is 5.85. The van der Waals surface area contributed by atoms with Gasteiger partial charge >= 0.3 is 5.97 Å². The molecule has 1 heterocycles. The highest BCUT2D eigenvalue weighted by atomic mass is 19.1. The van der Waals surface area contributed by atoms with E-state index in [0.29, 0.717) is 17.7 Å². The summed E-state index contributed by atoms with van der Waals surface area (Å²) in [6, 6.07) is 4.88. The second kappa shape index (κ2) is 7.33. The number of hydrogen-bond acceptors (Lipinski definition) is 3. The zero-order valence-corrected chi connectivity index (χ0v) is 12.3. The third-order valence-electron chi connectivity index (χ3n) is 3.70. The van der Waals surface area contributed by atoms with Gasteiger partial charge in [0.1, 0.15) is 5.82 Å². The summed E-state index contributed by atoms with van der Waals surface area (Å²) in [6.45, 7) is 4.60. The van der Waals surface area contributed by atoms with Crippen LogP contribution in [0.5, 0.6) is 0 Å². The Morgan fingerprint density at radius 1 is 1.33 bits per heavy atom. The lowest BCUT2D eigenvalue weighted by Crippen LogP contribution is -2.28. The van der Waals surface area contributed by atoms with E-state index in [4.69, 9.17) is 5.11 Å². The molecule has 0 amide bonds. The van der Waals surface area contributed by atoms with E-state index < -0.39 is 5.97 Å². The highest BCUT2D eigenvalue weighted by Crippen LogP contribution is 2.15. The van der Waals surface area contributed by atoms with Crippen molar-refractivity contribution in [1.82, 2.24) is 9.80 Å². The molecule has 0 atom stereocenters. The number of carbonyl (C=O) groups is 1. The van der Waals surface area contributed by atoms with E-state index in [9.17, 15) is 9.18 Å². The van der Waals surface area contributed by atoms with Crippen LogP contribution in [0.1, 0.15) is 17.5 Å². The van der Waals surface area contributed by atoms with Gasteiger partial charge in [-0.05, 0) is 44.3 Å². The van der Waals surface area contributed by atoms with Gasteiger partial charge in [-0.15, -0.1) is 0 Å². The Kier molecular flexibility index (Phi) is 5.47. The number of hydrogen-bond donors (Lipinski definition) is 1. The van der Waals surface area contributed by atoms with Crippen molar-refractivity contribution in [1.29, 1.82) is 0 Å². The molecule has 0 unspecified atom stereocenters. The molecule has 4 nitrogen and oxygen atoms in total. The Morgan fingerprint density at radius 2 is 2.14 bits per heavy atom. The molecule has 0 spiro atoms. The number of carboxylic acid groups (broad SMARTS) is 1. The standard InChI is InChI=1S/C16H21FN2O2/c1-18-7-2-8-19(10-9-18)12-14-5-3-13(11-15(14)17)4-6-16(20)21/h3-6,11H,2,7-10,12H2,1H3,(H,20,21). The minimum absolute atomic E-state index is 0.278. The summed E-state index contributed by atoms with van der Waals surface area (Å²) in [5.41, 5.74) is 1.22. The maximum absolute atomic E-state index is 14.1. The lowest BCUT2D eigenvalue weighted by atomic mass is 10.1. The molecule has 1 N–H and O–H groups in total. The maximum atomic E-state index is 14.1. The first-order chi connectivity index (χ1) is 10.0. The molecule has 114 valence electrons. The van der Waals surface area contributed by atoms with E-state index in [1.165, 1.54) is 12.1 Å². The fourth-order valence-corrected chi connectivity index (χ4v) is 2.46. The fourth-order valence-electron chi connectivity index (χ4n) is 2.46. The van der Waals surface area contributed by atoms with Gasteiger partial charge in [0.25, 0.3) is 0 Å². The van der Waals surface area contributed by atoms with Gasteiger partial charge in [0.2, 0.25) is 0 Å². The largest absolute Gasteiger partial charge is 0.478 e. The second-order valence-electron chi connectivity index (χ2n) is 5.46. The molecule has 0 saturated carbocycles. The van der Waals surface area contributed by atoms with Gasteiger partial charge in [0, 0.05) is 31.3 Å². The first-order valence-electron chi connectivity index (χ1n) is 7.15. The zero-order chi connectivity index (χ0) is 15.2. The Morgan fingerprint density at radius 3 is 2.86 bits per heavy atom. The fraction of sp³-hybridized carbons (Fsp3) is 0.438. The van der Waals surface area contributed by atoms with Crippen LogP contribution in [0.25, 0.3) is 6.08 Å².